The van der Waals surface area contributed by atoms with Gasteiger partial charge in [-0.25, -0.2) is 4.98 Å². The minimum Gasteiger partial charge on any atom is -0.342 e. The van der Waals surface area contributed by atoms with E-state index in [1.54, 1.807) is 0 Å². The lowest BCUT2D eigenvalue weighted by molar-refractivity contribution is -0.364. The molecule has 0 aromatic carbocycles. The van der Waals surface area contributed by atoms with Crippen LogP contribution in [0.3, 0.4) is 0 Å². The third kappa shape index (κ3) is 5.44. The highest BCUT2D eigenvalue weighted by molar-refractivity contribution is 5.79. The third-order valence-corrected chi connectivity index (χ3v) is 5.67. The summed E-state index contributed by atoms with van der Waals surface area (Å²) in [6, 6.07) is 6.05. The first-order chi connectivity index (χ1) is 13.0. The zero-order valence-electron chi connectivity index (χ0n) is 16.7. The molecule has 6 heteroatoms. The number of H-pyrrole nitrogens is 1. The maximum atomic E-state index is 12.5. The highest BCUT2D eigenvalue weighted by atomic mass is 16.2. The largest absolute Gasteiger partial charge is 0.342 e. The van der Waals surface area contributed by atoms with Crippen molar-refractivity contribution >= 4 is 17.6 Å². The van der Waals surface area contributed by atoms with Crippen LogP contribution in [0.5, 0.6) is 0 Å². The summed E-state index contributed by atoms with van der Waals surface area (Å²) in [4.78, 5) is 34.4. The molecule has 0 unspecified atom stereocenters. The molecule has 2 fully saturated rings. The number of anilines is 1. The van der Waals surface area contributed by atoms with Crippen LogP contribution in [0.2, 0.25) is 0 Å². The van der Waals surface area contributed by atoms with Crippen LogP contribution in [-0.2, 0) is 9.59 Å². The summed E-state index contributed by atoms with van der Waals surface area (Å²) in [6.07, 6.45) is 4.75. The minimum atomic E-state index is 0.180. The molecule has 6 nitrogen and oxygen atoms in total. The van der Waals surface area contributed by atoms with Crippen molar-refractivity contribution in [3.63, 3.8) is 0 Å². The first-order valence-corrected chi connectivity index (χ1v) is 10.3. The molecule has 3 rings (SSSR count). The third-order valence-electron chi connectivity index (χ3n) is 5.67. The van der Waals surface area contributed by atoms with E-state index in [-0.39, 0.29) is 11.8 Å². The number of hydrogen-bond acceptors (Lipinski definition) is 3. The Hall–Kier alpha value is -2.11. The van der Waals surface area contributed by atoms with Crippen LogP contribution in [0.4, 0.5) is 5.82 Å². The number of rotatable bonds is 5. The predicted octanol–water partition coefficient (Wildman–Crippen LogP) is 1.82. The fraction of sp³-hybridized carbons (Fsp3) is 0.667. The Balaban J connectivity index is 1.37. The zero-order valence-corrected chi connectivity index (χ0v) is 16.7. The van der Waals surface area contributed by atoms with Gasteiger partial charge in [0.2, 0.25) is 11.8 Å². The molecule has 3 heterocycles. The maximum Gasteiger partial charge on any atom is 0.274 e. The van der Waals surface area contributed by atoms with E-state index in [9.17, 15) is 9.59 Å². The molecule has 1 N–H and O–H groups in total. The van der Waals surface area contributed by atoms with Crippen molar-refractivity contribution in [2.24, 2.45) is 11.8 Å². The number of likely N-dealkylation sites (tertiary alicyclic amines) is 1. The summed E-state index contributed by atoms with van der Waals surface area (Å²) in [5, 5.41) is 0. The lowest BCUT2D eigenvalue weighted by atomic mass is 9.91. The van der Waals surface area contributed by atoms with Gasteiger partial charge in [-0.15, -0.1) is 0 Å². The molecule has 148 valence electrons. The second-order valence-corrected chi connectivity index (χ2v) is 8.21. The summed E-state index contributed by atoms with van der Waals surface area (Å²) < 4.78 is 0. The van der Waals surface area contributed by atoms with Crippen LogP contribution >= 0.6 is 0 Å². The predicted molar refractivity (Wildman–Crippen MR) is 105 cm³/mol. The summed E-state index contributed by atoms with van der Waals surface area (Å²) in [5.41, 5.74) is 0. The number of aromatic amines is 1. The number of hydrogen-bond donors (Lipinski definition) is 0. The number of amides is 2. The maximum absolute atomic E-state index is 12.5. The number of piperazine rings is 1. The SMILES string of the molecule is C[C@@H]1C[C@@H](C)CN(C(=O)CCCC(=O)N2CCN(c3cccc[nH+]3)CC2)C1. The van der Waals surface area contributed by atoms with Crippen molar-refractivity contribution in [2.75, 3.05) is 44.2 Å². The standard InChI is InChI=1S/C21H32N4O2/c1-17-14-18(2)16-25(15-17)21(27)8-5-7-20(26)24-12-10-23(11-13-24)19-6-3-4-9-22-19/h3-4,6,9,17-18H,5,7-8,10-16H2,1-2H3/p+1/t17-,18-/m1/s1. The zero-order chi connectivity index (χ0) is 19.2. The molecule has 0 spiro atoms. The average molecular weight is 374 g/mol. The van der Waals surface area contributed by atoms with Crippen LogP contribution in [-0.4, -0.2) is 60.9 Å². The smallest absolute Gasteiger partial charge is 0.274 e. The van der Waals surface area contributed by atoms with Crippen molar-refractivity contribution in [3.05, 3.63) is 24.4 Å². The van der Waals surface area contributed by atoms with E-state index < -0.39 is 0 Å². The van der Waals surface area contributed by atoms with Crippen LogP contribution in [0.25, 0.3) is 0 Å². The number of pyridine rings is 1. The van der Waals surface area contributed by atoms with E-state index in [0.29, 0.717) is 31.1 Å². The second-order valence-electron chi connectivity index (χ2n) is 8.21. The minimum absolute atomic E-state index is 0.180. The van der Waals surface area contributed by atoms with Gasteiger partial charge in [0, 0.05) is 32.0 Å². The summed E-state index contributed by atoms with van der Waals surface area (Å²) in [7, 11) is 0. The van der Waals surface area contributed by atoms with Crippen LogP contribution in [0.15, 0.2) is 24.4 Å². The molecular formula is C21H33N4O2+. The molecule has 0 aliphatic carbocycles. The first kappa shape index (κ1) is 19.6. The van der Waals surface area contributed by atoms with Crippen molar-refractivity contribution in [3.8, 4) is 0 Å². The monoisotopic (exact) mass is 373 g/mol. The van der Waals surface area contributed by atoms with Crippen molar-refractivity contribution in [2.45, 2.75) is 39.5 Å². The van der Waals surface area contributed by atoms with E-state index >= 15 is 0 Å². The number of carbonyl (C=O) groups is 2. The number of nitrogens with zero attached hydrogens (tertiary/aromatic N) is 3. The van der Waals surface area contributed by atoms with Gasteiger partial charge in [-0.3, -0.25) is 14.5 Å². The molecule has 0 radical (unpaired) electrons. The Morgan fingerprint density at radius 1 is 0.963 bits per heavy atom. The first-order valence-electron chi connectivity index (χ1n) is 10.3. The van der Waals surface area contributed by atoms with Crippen molar-refractivity contribution < 1.29 is 14.6 Å². The Labute approximate surface area is 162 Å². The van der Waals surface area contributed by atoms with E-state index in [1.807, 2.05) is 28.1 Å². The van der Waals surface area contributed by atoms with Gasteiger partial charge >= 0.3 is 0 Å². The van der Waals surface area contributed by atoms with E-state index in [2.05, 4.69) is 29.8 Å². The lowest BCUT2D eigenvalue weighted by Crippen LogP contribution is -2.50. The van der Waals surface area contributed by atoms with Gasteiger partial charge in [0.05, 0.1) is 19.3 Å². The molecule has 2 aliphatic heterocycles. The molecule has 2 aliphatic rings. The molecule has 1 aromatic rings. The van der Waals surface area contributed by atoms with Crippen molar-refractivity contribution in [1.29, 1.82) is 0 Å². The van der Waals surface area contributed by atoms with Gasteiger partial charge in [0.15, 0.2) is 0 Å². The van der Waals surface area contributed by atoms with Gasteiger partial charge in [-0.05, 0) is 30.7 Å². The summed E-state index contributed by atoms with van der Waals surface area (Å²) in [6.45, 7) is 9.35. The van der Waals surface area contributed by atoms with Gasteiger partial charge in [0.25, 0.3) is 5.82 Å². The molecule has 0 bridgehead atoms. The van der Waals surface area contributed by atoms with Crippen LogP contribution < -0.4 is 9.88 Å². The molecule has 2 amide bonds. The molecule has 2 saturated heterocycles. The number of aromatic nitrogens is 1. The number of carbonyl (C=O) groups excluding carboxylic acids is 2. The van der Waals surface area contributed by atoms with Gasteiger partial charge in [-0.1, -0.05) is 19.9 Å². The van der Waals surface area contributed by atoms with Crippen LogP contribution in [0.1, 0.15) is 39.5 Å². The molecule has 0 saturated carbocycles. The van der Waals surface area contributed by atoms with Gasteiger partial charge in [0.1, 0.15) is 13.1 Å². The van der Waals surface area contributed by atoms with E-state index in [4.69, 9.17) is 0 Å². The Morgan fingerprint density at radius 2 is 1.59 bits per heavy atom. The van der Waals surface area contributed by atoms with Gasteiger partial charge in [-0.2, -0.15) is 0 Å². The van der Waals surface area contributed by atoms with Crippen LogP contribution in [0, 0.1) is 11.8 Å². The Kier molecular flexibility index (Phi) is 6.69. The summed E-state index contributed by atoms with van der Waals surface area (Å²) in [5.74, 6) is 2.65. The lowest BCUT2D eigenvalue weighted by Gasteiger charge is -2.35. The topological polar surface area (TPSA) is 58.0 Å². The fourth-order valence-corrected chi connectivity index (χ4v) is 4.35. The van der Waals surface area contributed by atoms with Crippen molar-refractivity contribution in [1.82, 2.24) is 9.80 Å². The molecular weight excluding hydrogens is 340 g/mol. The highest BCUT2D eigenvalue weighted by Gasteiger charge is 2.27. The number of nitrogens with one attached hydrogen (secondary N) is 1. The molecule has 27 heavy (non-hydrogen) atoms. The fourth-order valence-electron chi connectivity index (χ4n) is 4.35. The Morgan fingerprint density at radius 3 is 2.19 bits per heavy atom. The molecule has 2 atom stereocenters. The average Bonchev–Trinajstić information content (AvgIpc) is 2.68. The van der Waals surface area contributed by atoms with E-state index in [1.165, 1.54) is 6.42 Å². The number of piperidine rings is 1. The molecule has 1 aromatic heterocycles. The van der Waals surface area contributed by atoms with Gasteiger partial charge < -0.3 is 9.80 Å². The second kappa shape index (κ2) is 9.20. The summed E-state index contributed by atoms with van der Waals surface area (Å²) >= 11 is 0. The normalized spacial score (nSPS) is 23.4. The highest BCUT2D eigenvalue weighted by Crippen LogP contribution is 2.22. The van der Waals surface area contributed by atoms with E-state index in [0.717, 1.165) is 45.1 Å². The quantitative estimate of drug-likeness (QED) is 0.791. The Bertz CT molecular complexity index is 618.